The fourth-order valence-corrected chi connectivity index (χ4v) is 0. The SMILES string of the molecule is CC.CC.CCC(C)C.CCC(C)C.CCC(C)C.CCC(C)C. The van der Waals surface area contributed by atoms with Gasteiger partial charge in [-0.05, 0) is 23.7 Å². The van der Waals surface area contributed by atoms with E-state index in [0.29, 0.717) is 0 Å². The molecule has 0 nitrogen and oxygen atoms in total. The van der Waals surface area contributed by atoms with Gasteiger partial charge in [-0.3, -0.25) is 0 Å². The Hall–Kier alpha value is 0. The molecule has 0 aromatic rings. The van der Waals surface area contributed by atoms with Crippen LogP contribution in [0.4, 0.5) is 0 Å². The summed E-state index contributed by atoms with van der Waals surface area (Å²) >= 11 is 0. The molecule has 156 valence electrons. The molecule has 0 saturated carbocycles. The third-order valence-electron chi connectivity index (χ3n) is 3.27. The zero-order valence-electron chi connectivity index (χ0n) is 21.1. The lowest BCUT2D eigenvalue weighted by Crippen LogP contribution is -1.77. The molecule has 0 aromatic heterocycles. The Morgan fingerprint density at radius 3 is 0.375 bits per heavy atom. The first-order valence-corrected chi connectivity index (χ1v) is 11.1. The molecule has 0 aromatic carbocycles. The number of hydrogen-bond donors (Lipinski definition) is 0. The standard InChI is InChI=1S/4C5H12.2C2H6/c4*1-4-5(2)3;2*1-2/h4*5H,4H2,1-3H3;2*1-2H3. The second kappa shape index (κ2) is 43.5. The average molecular weight is 349 g/mol. The second-order valence-electron chi connectivity index (χ2n) is 7.21. The van der Waals surface area contributed by atoms with Gasteiger partial charge in [-0.25, -0.2) is 0 Å². The Balaban J connectivity index is -0.0000000420. The van der Waals surface area contributed by atoms with Crippen molar-refractivity contribution in [1.82, 2.24) is 0 Å². The highest BCUT2D eigenvalue weighted by Gasteiger charge is 1.81. The maximum absolute atomic E-state index is 2.22. The van der Waals surface area contributed by atoms with Crippen molar-refractivity contribution in [3.8, 4) is 0 Å². The molecule has 0 rings (SSSR count). The van der Waals surface area contributed by atoms with E-state index >= 15 is 0 Å². The second-order valence-corrected chi connectivity index (χ2v) is 7.21. The van der Waals surface area contributed by atoms with Gasteiger partial charge in [-0.1, -0.05) is 136 Å². The van der Waals surface area contributed by atoms with Gasteiger partial charge in [-0.15, -0.1) is 0 Å². The monoisotopic (exact) mass is 348 g/mol. The fraction of sp³-hybridized carbons (Fsp3) is 1.00. The molecule has 0 aliphatic carbocycles. The predicted octanol–water partition coefficient (Wildman–Crippen LogP) is 10.3. The zero-order chi connectivity index (χ0) is 21.1. The first kappa shape index (κ1) is 39.2. The van der Waals surface area contributed by atoms with Gasteiger partial charge in [0, 0.05) is 0 Å². The molecule has 0 heteroatoms. The minimum atomic E-state index is 0.884. The van der Waals surface area contributed by atoms with E-state index in [2.05, 4.69) is 83.1 Å². The predicted molar refractivity (Wildman–Crippen MR) is 123 cm³/mol. The summed E-state index contributed by atoms with van der Waals surface area (Å²) < 4.78 is 0. The molecule has 0 aliphatic heterocycles. The largest absolute Gasteiger partial charge is 0.0683 e. The van der Waals surface area contributed by atoms with E-state index in [1.807, 2.05) is 27.7 Å². The van der Waals surface area contributed by atoms with Crippen molar-refractivity contribution in [2.24, 2.45) is 23.7 Å². The van der Waals surface area contributed by atoms with Gasteiger partial charge in [-0.2, -0.15) is 0 Å². The van der Waals surface area contributed by atoms with Crippen molar-refractivity contribution in [2.75, 3.05) is 0 Å². The smallest absolute Gasteiger partial charge is 0.0474 e. The van der Waals surface area contributed by atoms with Crippen LogP contribution in [0.2, 0.25) is 0 Å². The van der Waals surface area contributed by atoms with E-state index in [0.717, 1.165) is 23.7 Å². The summed E-state index contributed by atoms with van der Waals surface area (Å²) in [6, 6.07) is 0. The van der Waals surface area contributed by atoms with Crippen molar-refractivity contribution in [2.45, 2.75) is 136 Å². The van der Waals surface area contributed by atoms with Crippen LogP contribution in [0.5, 0.6) is 0 Å². The van der Waals surface area contributed by atoms with Crippen LogP contribution in [0.1, 0.15) is 136 Å². The normalized spacial score (nSPS) is 8.50. The third-order valence-corrected chi connectivity index (χ3v) is 3.27. The first-order chi connectivity index (χ1) is 11.1. The van der Waals surface area contributed by atoms with Crippen LogP contribution in [0.3, 0.4) is 0 Å². The molecule has 0 N–H and O–H groups in total. The van der Waals surface area contributed by atoms with Gasteiger partial charge in [0.05, 0.1) is 0 Å². The summed E-state index contributed by atoms with van der Waals surface area (Å²) in [6.07, 6.45) is 5.22. The van der Waals surface area contributed by atoms with Crippen molar-refractivity contribution in [3.63, 3.8) is 0 Å². The molecular formula is C24H60. The molecule has 24 heavy (non-hydrogen) atoms. The van der Waals surface area contributed by atoms with Crippen molar-refractivity contribution >= 4 is 0 Å². The molecule has 0 bridgehead atoms. The highest BCUT2D eigenvalue weighted by atomic mass is 13.9. The van der Waals surface area contributed by atoms with Crippen LogP contribution in [0, 0.1) is 23.7 Å². The molecule has 0 fully saturated rings. The van der Waals surface area contributed by atoms with Crippen LogP contribution in [0.25, 0.3) is 0 Å². The van der Waals surface area contributed by atoms with Gasteiger partial charge < -0.3 is 0 Å². The summed E-state index contributed by atoms with van der Waals surface area (Å²) in [5.41, 5.74) is 0. The summed E-state index contributed by atoms with van der Waals surface area (Å²) in [6.45, 7) is 34.6. The fourth-order valence-electron chi connectivity index (χ4n) is 0. The lowest BCUT2D eigenvalue weighted by molar-refractivity contribution is 0.626. The van der Waals surface area contributed by atoms with E-state index in [-0.39, 0.29) is 0 Å². The van der Waals surface area contributed by atoms with E-state index in [4.69, 9.17) is 0 Å². The molecule has 0 unspecified atom stereocenters. The Bertz CT molecular complexity index is 88.0. The van der Waals surface area contributed by atoms with Gasteiger partial charge in [0.1, 0.15) is 0 Å². The quantitative estimate of drug-likeness (QED) is 0.474. The topological polar surface area (TPSA) is 0 Å². The zero-order valence-corrected chi connectivity index (χ0v) is 21.1. The Morgan fingerprint density at radius 1 is 0.333 bits per heavy atom. The molecule has 0 spiro atoms. The van der Waals surface area contributed by atoms with Crippen molar-refractivity contribution in [1.29, 1.82) is 0 Å². The molecule has 0 heterocycles. The Kier molecular flexibility index (Phi) is 71.0. The lowest BCUT2D eigenvalue weighted by Gasteiger charge is -1.90. The highest BCUT2D eigenvalue weighted by molar-refractivity contribution is 4.34. The Morgan fingerprint density at radius 2 is 0.375 bits per heavy atom. The van der Waals surface area contributed by atoms with Gasteiger partial charge in [0.25, 0.3) is 0 Å². The summed E-state index contributed by atoms with van der Waals surface area (Å²) in [4.78, 5) is 0. The van der Waals surface area contributed by atoms with Gasteiger partial charge in [0.15, 0.2) is 0 Å². The molecule has 0 saturated heterocycles. The number of hydrogen-bond acceptors (Lipinski definition) is 0. The maximum Gasteiger partial charge on any atom is -0.0474 e. The van der Waals surface area contributed by atoms with Gasteiger partial charge >= 0.3 is 0 Å². The van der Waals surface area contributed by atoms with E-state index < -0.39 is 0 Å². The lowest BCUT2D eigenvalue weighted by atomic mass is 10.2. The van der Waals surface area contributed by atoms with Gasteiger partial charge in [0.2, 0.25) is 0 Å². The maximum atomic E-state index is 2.22. The number of rotatable bonds is 4. The van der Waals surface area contributed by atoms with Crippen molar-refractivity contribution in [3.05, 3.63) is 0 Å². The molecule has 0 amide bonds. The summed E-state index contributed by atoms with van der Waals surface area (Å²) in [5.74, 6) is 3.54. The summed E-state index contributed by atoms with van der Waals surface area (Å²) in [7, 11) is 0. The van der Waals surface area contributed by atoms with Crippen LogP contribution in [0.15, 0.2) is 0 Å². The molecule has 0 atom stereocenters. The Labute approximate surface area is 160 Å². The third kappa shape index (κ3) is 152. The highest BCUT2D eigenvalue weighted by Crippen LogP contribution is 1.95. The van der Waals surface area contributed by atoms with Crippen LogP contribution >= 0.6 is 0 Å². The van der Waals surface area contributed by atoms with E-state index in [1.54, 1.807) is 0 Å². The van der Waals surface area contributed by atoms with Crippen LogP contribution in [-0.2, 0) is 0 Å². The molecular weight excluding hydrogens is 288 g/mol. The van der Waals surface area contributed by atoms with Crippen LogP contribution < -0.4 is 0 Å². The average Bonchev–Trinajstić information content (AvgIpc) is 2.59. The van der Waals surface area contributed by atoms with Crippen molar-refractivity contribution < 1.29 is 0 Å². The van der Waals surface area contributed by atoms with E-state index in [1.165, 1.54) is 25.7 Å². The minimum absolute atomic E-state index is 0.884. The minimum Gasteiger partial charge on any atom is -0.0683 e. The molecule has 0 aliphatic rings. The molecule has 0 radical (unpaired) electrons. The van der Waals surface area contributed by atoms with Crippen LogP contribution in [-0.4, -0.2) is 0 Å². The first-order valence-electron chi connectivity index (χ1n) is 11.1. The van der Waals surface area contributed by atoms with E-state index in [9.17, 15) is 0 Å². The summed E-state index contributed by atoms with van der Waals surface area (Å²) in [5, 5.41) is 0.